The summed E-state index contributed by atoms with van der Waals surface area (Å²) >= 11 is 0. The quantitative estimate of drug-likeness (QED) is 0.664. The Labute approximate surface area is 80.4 Å². The molecule has 0 aliphatic rings. The van der Waals surface area contributed by atoms with E-state index in [4.69, 9.17) is 11.0 Å². The number of nitriles is 1. The molecule has 5 heteroatoms. The monoisotopic (exact) mass is 185 g/mol. The minimum absolute atomic E-state index is 0.459. The normalized spacial score (nSPS) is 9.64. The maximum Gasteiger partial charge on any atom is 0.126 e. The first-order valence-corrected chi connectivity index (χ1v) is 3.98. The molecule has 14 heavy (non-hydrogen) atoms. The number of hydrogen-bond acceptors (Lipinski definition) is 4. The Morgan fingerprint density at radius 3 is 2.64 bits per heavy atom. The fraction of sp³-hybridized carbons (Fsp3) is 0. The first kappa shape index (κ1) is 8.26. The summed E-state index contributed by atoms with van der Waals surface area (Å²) in [6.45, 7) is 0. The summed E-state index contributed by atoms with van der Waals surface area (Å²) in [5, 5.41) is 16.7. The molecule has 5 nitrogen and oxygen atoms in total. The number of benzene rings is 1. The predicted molar refractivity (Wildman–Crippen MR) is 50.5 cm³/mol. The van der Waals surface area contributed by atoms with Crippen LogP contribution < -0.4 is 5.73 Å². The van der Waals surface area contributed by atoms with Crippen LogP contribution in [0.25, 0.3) is 5.69 Å². The highest BCUT2D eigenvalue weighted by Gasteiger charge is 2.08. The van der Waals surface area contributed by atoms with Gasteiger partial charge in [-0.05, 0) is 12.1 Å². The minimum Gasteiger partial charge on any atom is -0.397 e. The molecule has 0 atom stereocenters. The molecule has 0 bridgehead atoms. The second kappa shape index (κ2) is 3.18. The first-order valence-electron chi connectivity index (χ1n) is 3.98. The number of rotatable bonds is 1. The van der Waals surface area contributed by atoms with E-state index in [1.165, 1.54) is 17.2 Å². The van der Waals surface area contributed by atoms with Crippen LogP contribution in [0, 0.1) is 11.3 Å². The molecule has 1 aromatic carbocycles. The van der Waals surface area contributed by atoms with E-state index in [0.29, 0.717) is 16.9 Å². The van der Waals surface area contributed by atoms with Crippen LogP contribution in [-0.2, 0) is 0 Å². The molecule has 0 radical (unpaired) electrons. The zero-order valence-electron chi connectivity index (χ0n) is 7.25. The van der Waals surface area contributed by atoms with E-state index in [1.807, 2.05) is 6.07 Å². The van der Waals surface area contributed by atoms with Gasteiger partial charge in [-0.3, -0.25) is 0 Å². The van der Waals surface area contributed by atoms with Crippen molar-refractivity contribution in [2.24, 2.45) is 0 Å². The third kappa shape index (κ3) is 1.19. The highest BCUT2D eigenvalue weighted by Crippen LogP contribution is 2.19. The third-order valence-corrected chi connectivity index (χ3v) is 1.81. The molecule has 2 N–H and O–H groups in total. The lowest BCUT2D eigenvalue weighted by atomic mass is 10.2. The van der Waals surface area contributed by atoms with Crippen LogP contribution in [0.3, 0.4) is 0 Å². The summed E-state index contributed by atoms with van der Waals surface area (Å²) in [6.07, 6.45) is 3.07. The number of hydrogen-bond donors (Lipinski definition) is 1. The summed E-state index contributed by atoms with van der Waals surface area (Å²) in [5.74, 6) is 0. The van der Waals surface area contributed by atoms with Gasteiger partial charge < -0.3 is 5.73 Å². The van der Waals surface area contributed by atoms with Crippen LogP contribution in [0.1, 0.15) is 5.56 Å². The first-order chi connectivity index (χ1) is 6.83. The van der Waals surface area contributed by atoms with Crippen LogP contribution in [0.2, 0.25) is 0 Å². The maximum atomic E-state index is 8.87. The van der Waals surface area contributed by atoms with Gasteiger partial charge in [-0.2, -0.15) is 15.5 Å². The predicted octanol–water partition coefficient (Wildman–Crippen LogP) is 0.721. The molecule has 0 saturated carbocycles. The fourth-order valence-electron chi connectivity index (χ4n) is 1.21. The molecular formula is C9H7N5. The molecule has 1 aromatic heterocycles. The molecular weight excluding hydrogens is 178 g/mol. The van der Waals surface area contributed by atoms with E-state index in [2.05, 4.69) is 10.2 Å². The van der Waals surface area contributed by atoms with Gasteiger partial charge in [-0.25, -0.2) is 0 Å². The fourth-order valence-corrected chi connectivity index (χ4v) is 1.21. The number of nitrogen functional groups attached to an aromatic ring is 1. The third-order valence-electron chi connectivity index (χ3n) is 1.81. The summed E-state index contributed by atoms with van der Waals surface area (Å²) < 4.78 is 0. The average molecular weight is 185 g/mol. The van der Waals surface area contributed by atoms with Gasteiger partial charge in [-0.15, -0.1) is 4.80 Å². The molecule has 2 rings (SSSR count). The molecule has 0 fully saturated rings. The molecule has 68 valence electrons. The van der Waals surface area contributed by atoms with E-state index >= 15 is 0 Å². The van der Waals surface area contributed by atoms with Crippen molar-refractivity contribution in [2.45, 2.75) is 0 Å². The highest BCUT2D eigenvalue weighted by atomic mass is 15.5. The van der Waals surface area contributed by atoms with Gasteiger partial charge in [-0.1, -0.05) is 6.07 Å². The SMILES string of the molecule is N#Cc1cccc(N)c1-n1nccn1. The zero-order chi connectivity index (χ0) is 9.97. The summed E-state index contributed by atoms with van der Waals surface area (Å²) in [6, 6.07) is 7.15. The minimum atomic E-state index is 0.459. The van der Waals surface area contributed by atoms with Gasteiger partial charge >= 0.3 is 0 Å². The highest BCUT2D eigenvalue weighted by molar-refractivity contribution is 5.64. The zero-order valence-corrected chi connectivity index (χ0v) is 7.25. The molecule has 1 heterocycles. The number of nitrogens with zero attached hydrogens (tertiary/aromatic N) is 4. The summed E-state index contributed by atoms with van der Waals surface area (Å²) in [7, 11) is 0. The Morgan fingerprint density at radius 1 is 1.29 bits per heavy atom. The lowest BCUT2D eigenvalue weighted by Gasteiger charge is -2.04. The van der Waals surface area contributed by atoms with Crippen molar-refractivity contribution in [3.05, 3.63) is 36.2 Å². The lowest BCUT2D eigenvalue weighted by Crippen LogP contribution is -2.05. The molecule has 0 aliphatic carbocycles. The van der Waals surface area contributed by atoms with Crippen LogP contribution >= 0.6 is 0 Å². The number of aromatic nitrogens is 3. The van der Waals surface area contributed by atoms with Gasteiger partial charge in [0.15, 0.2) is 0 Å². The van der Waals surface area contributed by atoms with Crippen LogP contribution in [0.15, 0.2) is 30.6 Å². The molecule has 0 aliphatic heterocycles. The van der Waals surface area contributed by atoms with E-state index in [9.17, 15) is 0 Å². The Bertz CT molecular complexity index is 480. The topological polar surface area (TPSA) is 80.5 Å². The van der Waals surface area contributed by atoms with E-state index in [-0.39, 0.29) is 0 Å². The summed E-state index contributed by atoms with van der Waals surface area (Å²) in [5.41, 5.74) is 7.21. The van der Waals surface area contributed by atoms with Gasteiger partial charge in [0, 0.05) is 0 Å². The molecule has 0 amide bonds. The Morgan fingerprint density at radius 2 is 2.00 bits per heavy atom. The molecule has 2 aromatic rings. The average Bonchev–Trinajstić information content (AvgIpc) is 2.70. The second-order valence-corrected chi connectivity index (χ2v) is 2.67. The number of anilines is 1. The maximum absolute atomic E-state index is 8.87. The van der Waals surface area contributed by atoms with Gasteiger partial charge in [0.2, 0.25) is 0 Å². The van der Waals surface area contributed by atoms with E-state index < -0.39 is 0 Å². The Balaban J connectivity index is 2.69. The lowest BCUT2D eigenvalue weighted by molar-refractivity contribution is 0.752. The van der Waals surface area contributed by atoms with Crippen molar-refractivity contribution >= 4 is 5.69 Å². The Hall–Kier alpha value is -2.35. The van der Waals surface area contributed by atoms with Crippen LogP contribution in [-0.4, -0.2) is 15.0 Å². The smallest absolute Gasteiger partial charge is 0.126 e. The van der Waals surface area contributed by atoms with Crippen molar-refractivity contribution < 1.29 is 0 Å². The van der Waals surface area contributed by atoms with Crippen molar-refractivity contribution in [1.29, 1.82) is 5.26 Å². The van der Waals surface area contributed by atoms with Gasteiger partial charge in [0.25, 0.3) is 0 Å². The van der Waals surface area contributed by atoms with E-state index in [1.54, 1.807) is 18.2 Å². The molecule has 0 unspecified atom stereocenters. The van der Waals surface area contributed by atoms with E-state index in [0.717, 1.165) is 0 Å². The van der Waals surface area contributed by atoms with Gasteiger partial charge in [0.05, 0.1) is 23.6 Å². The van der Waals surface area contributed by atoms with Crippen LogP contribution in [0.4, 0.5) is 5.69 Å². The van der Waals surface area contributed by atoms with Crippen LogP contribution in [0.5, 0.6) is 0 Å². The number of para-hydroxylation sites is 1. The molecule has 0 saturated heterocycles. The van der Waals surface area contributed by atoms with Crippen molar-refractivity contribution in [1.82, 2.24) is 15.0 Å². The number of nitrogens with two attached hydrogens (primary N) is 1. The largest absolute Gasteiger partial charge is 0.397 e. The van der Waals surface area contributed by atoms with Gasteiger partial charge in [0.1, 0.15) is 11.8 Å². The second-order valence-electron chi connectivity index (χ2n) is 2.67. The summed E-state index contributed by atoms with van der Waals surface area (Å²) in [4.78, 5) is 1.34. The standard InChI is InChI=1S/C9H7N5/c10-6-7-2-1-3-8(11)9(7)14-12-4-5-13-14/h1-5H,11H2. The van der Waals surface area contributed by atoms with Crippen molar-refractivity contribution in [3.63, 3.8) is 0 Å². The van der Waals surface area contributed by atoms with Crippen molar-refractivity contribution in [3.8, 4) is 11.8 Å². The molecule has 0 spiro atoms. The Kier molecular flexibility index (Phi) is 1.88. The van der Waals surface area contributed by atoms with Crippen molar-refractivity contribution in [2.75, 3.05) is 5.73 Å².